The van der Waals surface area contributed by atoms with Crippen LogP contribution in [0, 0.1) is 11.6 Å². The maximum atomic E-state index is 13.1. The van der Waals surface area contributed by atoms with Crippen LogP contribution >= 0.6 is 12.2 Å². The van der Waals surface area contributed by atoms with Gasteiger partial charge in [0.15, 0.2) is 16.7 Å². The van der Waals surface area contributed by atoms with Gasteiger partial charge in [0.2, 0.25) is 0 Å². The van der Waals surface area contributed by atoms with E-state index in [0.29, 0.717) is 11.3 Å². The standard InChI is InChI=1S/C15H13F2N3OS/c16-13-5-4-11(7-14(13)17)9-21-12-3-1-2-10(6-12)8-19-20-15(18)22/h1-8H,9H2,(H3,18,20,22). The van der Waals surface area contributed by atoms with Gasteiger partial charge < -0.3 is 10.5 Å². The second kappa shape index (κ2) is 7.46. The third kappa shape index (κ3) is 4.78. The van der Waals surface area contributed by atoms with Crippen LogP contribution in [0.3, 0.4) is 0 Å². The van der Waals surface area contributed by atoms with E-state index >= 15 is 0 Å². The molecule has 0 saturated carbocycles. The summed E-state index contributed by atoms with van der Waals surface area (Å²) in [5.41, 5.74) is 8.99. The SMILES string of the molecule is NC(=S)NN=Cc1cccc(OCc2ccc(F)c(F)c2)c1. The van der Waals surface area contributed by atoms with E-state index in [1.54, 1.807) is 18.2 Å². The van der Waals surface area contributed by atoms with Crippen molar-refractivity contribution in [3.05, 3.63) is 65.2 Å². The van der Waals surface area contributed by atoms with Crippen molar-refractivity contribution in [2.24, 2.45) is 10.8 Å². The Morgan fingerprint density at radius 1 is 1.23 bits per heavy atom. The van der Waals surface area contributed by atoms with E-state index in [1.165, 1.54) is 12.3 Å². The second-order valence-corrected chi connectivity index (χ2v) is 4.78. The zero-order valence-corrected chi connectivity index (χ0v) is 12.2. The average molecular weight is 321 g/mol. The molecule has 114 valence electrons. The molecule has 4 nitrogen and oxygen atoms in total. The van der Waals surface area contributed by atoms with E-state index < -0.39 is 11.6 Å². The zero-order chi connectivity index (χ0) is 15.9. The van der Waals surface area contributed by atoms with Gasteiger partial charge in [0, 0.05) is 0 Å². The van der Waals surface area contributed by atoms with Gasteiger partial charge in [-0.15, -0.1) is 0 Å². The molecule has 0 atom stereocenters. The second-order valence-electron chi connectivity index (χ2n) is 4.34. The molecular weight excluding hydrogens is 308 g/mol. The van der Waals surface area contributed by atoms with Crippen LogP contribution in [0.5, 0.6) is 5.75 Å². The molecule has 0 radical (unpaired) electrons. The lowest BCUT2D eigenvalue weighted by Gasteiger charge is -2.07. The molecule has 2 aromatic rings. The summed E-state index contributed by atoms with van der Waals surface area (Å²) in [6.45, 7) is 0.128. The first-order valence-electron chi connectivity index (χ1n) is 6.30. The predicted octanol–water partition coefficient (Wildman–Crippen LogP) is 2.71. The molecule has 0 aliphatic heterocycles. The number of ether oxygens (including phenoxy) is 1. The van der Waals surface area contributed by atoms with E-state index in [9.17, 15) is 8.78 Å². The minimum Gasteiger partial charge on any atom is -0.489 e. The lowest BCUT2D eigenvalue weighted by Crippen LogP contribution is -2.23. The summed E-state index contributed by atoms with van der Waals surface area (Å²) in [6, 6.07) is 10.7. The van der Waals surface area contributed by atoms with Gasteiger partial charge in [-0.05, 0) is 47.6 Å². The van der Waals surface area contributed by atoms with Gasteiger partial charge in [-0.25, -0.2) is 8.78 Å². The number of nitrogens with zero attached hydrogens (tertiary/aromatic N) is 1. The molecule has 0 heterocycles. The fraction of sp³-hybridized carbons (Fsp3) is 0.0667. The van der Waals surface area contributed by atoms with E-state index in [2.05, 4.69) is 22.7 Å². The van der Waals surface area contributed by atoms with Crippen LogP contribution in [-0.2, 0) is 6.61 Å². The molecule has 0 bridgehead atoms. The van der Waals surface area contributed by atoms with Crippen molar-refractivity contribution in [2.75, 3.05) is 0 Å². The molecule has 7 heteroatoms. The molecule has 2 aromatic carbocycles. The average Bonchev–Trinajstić information content (AvgIpc) is 2.49. The fourth-order valence-electron chi connectivity index (χ4n) is 1.65. The number of hydrogen-bond donors (Lipinski definition) is 2. The summed E-state index contributed by atoms with van der Waals surface area (Å²) in [6.07, 6.45) is 1.53. The molecule has 0 aliphatic carbocycles. The third-order valence-corrected chi connectivity index (χ3v) is 2.73. The Balaban J connectivity index is 1.99. The Morgan fingerprint density at radius 2 is 2.05 bits per heavy atom. The first-order valence-corrected chi connectivity index (χ1v) is 6.71. The summed E-state index contributed by atoms with van der Waals surface area (Å²) in [5, 5.41) is 3.91. The first-order chi connectivity index (χ1) is 10.5. The quantitative estimate of drug-likeness (QED) is 0.505. The van der Waals surface area contributed by atoms with Crippen molar-refractivity contribution < 1.29 is 13.5 Å². The Labute approximate surface area is 131 Å². The van der Waals surface area contributed by atoms with E-state index in [0.717, 1.165) is 17.7 Å². The zero-order valence-electron chi connectivity index (χ0n) is 11.4. The molecular formula is C15H13F2N3OS. The molecule has 0 spiro atoms. The largest absolute Gasteiger partial charge is 0.489 e. The highest BCUT2D eigenvalue weighted by atomic mass is 32.1. The van der Waals surface area contributed by atoms with Gasteiger partial charge in [0.25, 0.3) is 0 Å². The summed E-state index contributed by atoms with van der Waals surface area (Å²) in [5.74, 6) is -1.21. The van der Waals surface area contributed by atoms with E-state index in [-0.39, 0.29) is 11.7 Å². The molecule has 2 rings (SSSR count). The van der Waals surface area contributed by atoms with Crippen LogP contribution in [0.1, 0.15) is 11.1 Å². The molecule has 22 heavy (non-hydrogen) atoms. The maximum absolute atomic E-state index is 13.1. The number of hydrazone groups is 1. The highest BCUT2D eigenvalue weighted by Crippen LogP contribution is 2.15. The Morgan fingerprint density at radius 3 is 2.77 bits per heavy atom. The van der Waals surface area contributed by atoms with Crippen molar-refractivity contribution in [2.45, 2.75) is 6.61 Å². The van der Waals surface area contributed by atoms with Gasteiger partial charge in [0.1, 0.15) is 12.4 Å². The topological polar surface area (TPSA) is 59.6 Å². The summed E-state index contributed by atoms with van der Waals surface area (Å²) in [7, 11) is 0. The number of rotatable bonds is 5. The van der Waals surface area contributed by atoms with Crippen LogP contribution in [0.4, 0.5) is 8.78 Å². The van der Waals surface area contributed by atoms with Crippen molar-refractivity contribution in [1.82, 2.24) is 5.43 Å². The molecule has 0 aromatic heterocycles. The molecule has 0 fully saturated rings. The smallest absolute Gasteiger partial charge is 0.184 e. The van der Waals surface area contributed by atoms with E-state index in [4.69, 9.17) is 10.5 Å². The van der Waals surface area contributed by atoms with Crippen molar-refractivity contribution in [1.29, 1.82) is 0 Å². The molecule has 0 amide bonds. The Kier molecular flexibility index (Phi) is 5.37. The lowest BCUT2D eigenvalue weighted by atomic mass is 10.2. The number of halogens is 2. The fourth-order valence-corrected chi connectivity index (χ4v) is 1.70. The number of benzene rings is 2. The van der Waals surface area contributed by atoms with Gasteiger partial charge >= 0.3 is 0 Å². The van der Waals surface area contributed by atoms with Gasteiger partial charge in [-0.3, -0.25) is 5.43 Å². The number of nitrogens with two attached hydrogens (primary N) is 1. The van der Waals surface area contributed by atoms with Crippen molar-refractivity contribution in [3.63, 3.8) is 0 Å². The third-order valence-electron chi connectivity index (χ3n) is 2.64. The summed E-state index contributed by atoms with van der Waals surface area (Å²) in [4.78, 5) is 0. The van der Waals surface area contributed by atoms with Crippen LogP contribution < -0.4 is 15.9 Å². The maximum Gasteiger partial charge on any atom is 0.184 e. The monoisotopic (exact) mass is 321 g/mol. The van der Waals surface area contributed by atoms with Gasteiger partial charge in [-0.2, -0.15) is 5.10 Å². The van der Waals surface area contributed by atoms with E-state index in [1.807, 2.05) is 6.07 Å². The van der Waals surface area contributed by atoms with Crippen LogP contribution in [-0.4, -0.2) is 11.3 Å². The van der Waals surface area contributed by atoms with Crippen molar-refractivity contribution >= 4 is 23.5 Å². The minimum absolute atomic E-state index is 0.0713. The van der Waals surface area contributed by atoms with Crippen LogP contribution in [0.25, 0.3) is 0 Å². The first kappa shape index (κ1) is 15.8. The van der Waals surface area contributed by atoms with Crippen LogP contribution in [0.15, 0.2) is 47.6 Å². The highest BCUT2D eigenvalue weighted by Gasteiger charge is 2.03. The summed E-state index contributed by atoms with van der Waals surface area (Å²) >= 11 is 4.62. The Hall–Kier alpha value is -2.54. The highest BCUT2D eigenvalue weighted by molar-refractivity contribution is 7.80. The predicted molar refractivity (Wildman–Crippen MR) is 84.6 cm³/mol. The summed E-state index contributed by atoms with van der Waals surface area (Å²) < 4.78 is 31.5. The lowest BCUT2D eigenvalue weighted by molar-refractivity contribution is 0.305. The Bertz CT molecular complexity index is 707. The number of nitrogens with one attached hydrogen (secondary N) is 1. The number of thiocarbonyl (C=S) groups is 1. The number of hydrogen-bond acceptors (Lipinski definition) is 3. The van der Waals surface area contributed by atoms with Crippen LogP contribution in [0.2, 0.25) is 0 Å². The van der Waals surface area contributed by atoms with Gasteiger partial charge in [-0.1, -0.05) is 18.2 Å². The molecule has 0 aliphatic rings. The van der Waals surface area contributed by atoms with Crippen molar-refractivity contribution in [3.8, 4) is 5.75 Å². The molecule has 0 saturated heterocycles. The van der Waals surface area contributed by atoms with Gasteiger partial charge in [0.05, 0.1) is 6.21 Å². The minimum atomic E-state index is -0.897. The normalized spacial score (nSPS) is 10.6. The molecule has 0 unspecified atom stereocenters. The molecule has 3 N–H and O–H groups in total.